The first-order chi connectivity index (χ1) is 14.7. The third-order valence-corrected chi connectivity index (χ3v) is 5.69. The number of fused-ring (bicyclic) bond motifs is 2. The van der Waals surface area contributed by atoms with Crippen LogP contribution in [0, 0.1) is 5.92 Å². The van der Waals surface area contributed by atoms with Crippen LogP contribution in [0.15, 0.2) is 53.7 Å². The van der Waals surface area contributed by atoms with Crippen molar-refractivity contribution in [2.75, 3.05) is 13.6 Å². The molecular weight excluding hydrogens is 368 g/mol. The maximum atomic E-state index is 6.35. The minimum absolute atomic E-state index is 0.383. The van der Waals surface area contributed by atoms with Crippen LogP contribution in [0.25, 0.3) is 5.57 Å². The Morgan fingerprint density at radius 1 is 1.13 bits per heavy atom. The number of nitrogens with zero attached hydrogens (tertiary/aromatic N) is 1. The van der Waals surface area contributed by atoms with Gasteiger partial charge in [-0.2, -0.15) is 0 Å². The Morgan fingerprint density at radius 2 is 1.87 bits per heavy atom. The number of benzene rings is 2. The lowest BCUT2D eigenvalue weighted by molar-refractivity contribution is 0.364. The standard InChI is InChI=1S/C25H32N2O.C2H6/c1-5-19(10-9-15-26-4)25-21-11-7-8-12-23(21)28-24-16-20(13-14-22(24)25)18(3)17-27-6-2;1-2/h6-8,11-14,16-17,19,25-26H,5,9-10,15H2,1-4H3;1-2H3/b18-17+,27-6?;. The van der Waals surface area contributed by atoms with E-state index in [1.807, 2.05) is 40.2 Å². The van der Waals surface area contributed by atoms with Gasteiger partial charge in [-0.25, -0.2) is 0 Å². The summed E-state index contributed by atoms with van der Waals surface area (Å²) in [6.07, 6.45) is 7.28. The van der Waals surface area contributed by atoms with Crippen LogP contribution in [0.4, 0.5) is 0 Å². The lowest BCUT2D eigenvalue weighted by Gasteiger charge is -2.34. The van der Waals surface area contributed by atoms with Gasteiger partial charge in [0.25, 0.3) is 0 Å². The van der Waals surface area contributed by atoms with E-state index in [1.54, 1.807) is 0 Å². The molecule has 0 radical (unpaired) electrons. The van der Waals surface area contributed by atoms with Crippen LogP contribution in [-0.4, -0.2) is 19.8 Å². The zero-order valence-electron chi connectivity index (χ0n) is 19.5. The Morgan fingerprint density at radius 3 is 2.57 bits per heavy atom. The Bertz CT molecular complexity index is 854. The van der Waals surface area contributed by atoms with Gasteiger partial charge in [-0.3, -0.25) is 4.99 Å². The molecule has 2 atom stereocenters. The summed E-state index contributed by atoms with van der Waals surface area (Å²) in [5.41, 5.74) is 4.93. The SMILES string of the molecule is CC.CC=N/C=C(\C)c1ccc2c(c1)Oc1ccccc1C2C(CC)CCCNC. The van der Waals surface area contributed by atoms with Crippen molar-refractivity contribution in [2.45, 2.75) is 59.8 Å². The number of hydrogen-bond donors (Lipinski definition) is 1. The predicted octanol–water partition coefficient (Wildman–Crippen LogP) is 7.43. The molecule has 2 aromatic rings. The quantitative estimate of drug-likeness (QED) is 0.365. The lowest BCUT2D eigenvalue weighted by atomic mass is 9.75. The minimum Gasteiger partial charge on any atom is -0.457 e. The van der Waals surface area contributed by atoms with Gasteiger partial charge < -0.3 is 10.1 Å². The highest BCUT2D eigenvalue weighted by Crippen LogP contribution is 2.49. The fourth-order valence-corrected chi connectivity index (χ4v) is 4.16. The van der Waals surface area contributed by atoms with Crippen molar-refractivity contribution in [3.63, 3.8) is 0 Å². The van der Waals surface area contributed by atoms with Crippen LogP contribution in [0.5, 0.6) is 11.5 Å². The molecular formula is C27H38N2O. The summed E-state index contributed by atoms with van der Waals surface area (Å²) in [6.45, 7) is 11.4. The van der Waals surface area contributed by atoms with Crippen molar-refractivity contribution in [2.24, 2.45) is 10.9 Å². The number of para-hydroxylation sites is 1. The molecule has 0 saturated heterocycles. The average molecular weight is 407 g/mol. The van der Waals surface area contributed by atoms with E-state index in [0.29, 0.717) is 11.8 Å². The van der Waals surface area contributed by atoms with Crippen LogP contribution < -0.4 is 10.1 Å². The van der Waals surface area contributed by atoms with E-state index in [9.17, 15) is 0 Å². The van der Waals surface area contributed by atoms with E-state index in [0.717, 1.165) is 35.6 Å². The van der Waals surface area contributed by atoms with E-state index in [2.05, 4.69) is 66.6 Å². The molecule has 3 nitrogen and oxygen atoms in total. The van der Waals surface area contributed by atoms with E-state index < -0.39 is 0 Å². The average Bonchev–Trinajstić information content (AvgIpc) is 2.80. The van der Waals surface area contributed by atoms with E-state index in [1.165, 1.54) is 24.0 Å². The van der Waals surface area contributed by atoms with Gasteiger partial charge in [0.1, 0.15) is 11.5 Å². The molecule has 1 N–H and O–H groups in total. The Hall–Kier alpha value is -2.39. The molecule has 0 aromatic heterocycles. The maximum absolute atomic E-state index is 6.35. The molecule has 3 heteroatoms. The van der Waals surface area contributed by atoms with Crippen molar-refractivity contribution >= 4 is 11.8 Å². The van der Waals surface area contributed by atoms with Crippen molar-refractivity contribution < 1.29 is 4.74 Å². The summed E-state index contributed by atoms with van der Waals surface area (Å²) < 4.78 is 6.35. The molecule has 30 heavy (non-hydrogen) atoms. The van der Waals surface area contributed by atoms with Crippen molar-refractivity contribution in [1.82, 2.24) is 5.32 Å². The zero-order valence-corrected chi connectivity index (χ0v) is 19.5. The van der Waals surface area contributed by atoms with Crippen LogP contribution in [0.1, 0.15) is 76.5 Å². The van der Waals surface area contributed by atoms with Gasteiger partial charge in [-0.1, -0.05) is 57.5 Å². The molecule has 0 aliphatic carbocycles. The summed E-state index contributed by atoms with van der Waals surface area (Å²) in [7, 11) is 2.03. The molecule has 1 heterocycles. The second-order valence-corrected chi connectivity index (χ2v) is 7.50. The lowest BCUT2D eigenvalue weighted by Crippen LogP contribution is -2.20. The highest BCUT2D eigenvalue weighted by Gasteiger charge is 2.32. The first kappa shape index (κ1) is 23.9. The summed E-state index contributed by atoms with van der Waals surface area (Å²) in [4.78, 5) is 4.26. The number of aliphatic imine (C=N–C) groups is 1. The highest BCUT2D eigenvalue weighted by molar-refractivity contribution is 5.69. The molecule has 2 unspecified atom stereocenters. The van der Waals surface area contributed by atoms with Crippen molar-refractivity contribution in [3.8, 4) is 11.5 Å². The monoisotopic (exact) mass is 406 g/mol. The zero-order chi connectivity index (χ0) is 21.9. The molecule has 2 aromatic carbocycles. The molecule has 0 amide bonds. The molecule has 162 valence electrons. The normalized spacial score (nSPS) is 16.2. The topological polar surface area (TPSA) is 33.6 Å². The fourth-order valence-electron chi connectivity index (χ4n) is 4.16. The predicted molar refractivity (Wildman–Crippen MR) is 131 cm³/mol. The van der Waals surface area contributed by atoms with Gasteiger partial charge in [0.05, 0.1) is 0 Å². The Labute approximate surface area is 183 Å². The number of allylic oxidation sites excluding steroid dienone is 1. The first-order valence-corrected chi connectivity index (χ1v) is 11.4. The highest BCUT2D eigenvalue weighted by atomic mass is 16.5. The maximum Gasteiger partial charge on any atom is 0.131 e. The number of nitrogens with one attached hydrogen (secondary N) is 1. The third-order valence-electron chi connectivity index (χ3n) is 5.69. The van der Waals surface area contributed by atoms with E-state index in [4.69, 9.17) is 4.74 Å². The van der Waals surface area contributed by atoms with Crippen LogP contribution in [0.3, 0.4) is 0 Å². The summed E-state index contributed by atoms with van der Waals surface area (Å²) in [5, 5.41) is 3.28. The second-order valence-electron chi connectivity index (χ2n) is 7.50. The Balaban J connectivity index is 0.00000155. The van der Waals surface area contributed by atoms with Gasteiger partial charge in [-0.05, 0) is 69.5 Å². The van der Waals surface area contributed by atoms with E-state index >= 15 is 0 Å². The van der Waals surface area contributed by atoms with Gasteiger partial charge in [0.15, 0.2) is 0 Å². The van der Waals surface area contributed by atoms with Crippen molar-refractivity contribution in [3.05, 3.63) is 65.4 Å². The third kappa shape index (κ3) is 5.60. The van der Waals surface area contributed by atoms with Gasteiger partial charge in [0, 0.05) is 29.5 Å². The van der Waals surface area contributed by atoms with E-state index in [-0.39, 0.29) is 0 Å². The number of hydrogen-bond acceptors (Lipinski definition) is 3. The van der Waals surface area contributed by atoms with Crippen LogP contribution >= 0.6 is 0 Å². The molecule has 3 rings (SSSR count). The fraction of sp³-hybridized carbons (Fsp3) is 0.444. The van der Waals surface area contributed by atoms with Gasteiger partial charge >= 0.3 is 0 Å². The first-order valence-electron chi connectivity index (χ1n) is 11.4. The van der Waals surface area contributed by atoms with Gasteiger partial charge in [0.2, 0.25) is 0 Å². The molecule has 0 spiro atoms. The second kappa shape index (κ2) is 12.3. The van der Waals surface area contributed by atoms with Crippen molar-refractivity contribution in [1.29, 1.82) is 0 Å². The smallest absolute Gasteiger partial charge is 0.131 e. The largest absolute Gasteiger partial charge is 0.457 e. The molecule has 0 saturated carbocycles. The minimum atomic E-state index is 0.383. The Kier molecular flexibility index (Phi) is 9.82. The number of rotatable bonds is 8. The van der Waals surface area contributed by atoms with Crippen LogP contribution in [0.2, 0.25) is 0 Å². The summed E-state index contributed by atoms with van der Waals surface area (Å²) >= 11 is 0. The number of ether oxygens (including phenoxy) is 1. The van der Waals surface area contributed by atoms with Gasteiger partial charge in [-0.15, -0.1) is 0 Å². The molecule has 1 aliphatic heterocycles. The summed E-state index contributed by atoms with van der Waals surface area (Å²) in [6, 6.07) is 15.2. The molecule has 1 aliphatic rings. The van der Waals surface area contributed by atoms with Crippen LogP contribution in [-0.2, 0) is 0 Å². The molecule has 0 fully saturated rings. The summed E-state index contributed by atoms with van der Waals surface area (Å²) in [5.74, 6) is 2.97. The molecule has 0 bridgehead atoms.